The Morgan fingerprint density at radius 1 is 1.09 bits per heavy atom. The monoisotopic (exact) mass is 621 g/mol. The summed E-state index contributed by atoms with van der Waals surface area (Å²) in [5, 5.41) is 22.8. The zero-order valence-corrected chi connectivity index (χ0v) is 25.9. The second-order valence-corrected chi connectivity index (χ2v) is 12.1. The van der Waals surface area contributed by atoms with Crippen LogP contribution in [0.5, 0.6) is 11.8 Å². The van der Waals surface area contributed by atoms with Crippen molar-refractivity contribution in [3.05, 3.63) is 47.7 Å². The first-order valence-electron chi connectivity index (χ1n) is 15.9. The van der Waals surface area contributed by atoms with Crippen molar-refractivity contribution < 1.29 is 28.5 Å². The highest BCUT2D eigenvalue weighted by molar-refractivity contribution is 6.01. The third kappa shape index (κ3) is 5.89. The minimum atomic E-state index is -0.661. The van der Waals surface area contributed by atoms with Gasteiger partial charge in [0.25, 0.3) is 0 Å². The third-order valence-corrected chi connectivity index (χ3v) is 9.56. The summed E-state index contributed by atoms with van der Waals surface area (Å²) in [6.45, 7) is 5.82. The Bertz CT molecular complexity index is 1680. The van der Waals surface area contributed by atoms with Gasteiger partial charge in [-0.25, -0.2) is 8.78 Å². The number of aliphatic hydroxyl groups excluding tert-OH is 1. The fourth-order valence-corrected chi connectivity index (χ4v) is 7.43. The number of aryl methyl sites for hydroxylation is 1. The van der Waals surface area contributed by atoms with Gasteiger partial charge >= 0.3 is 6.01 Å². The molecule has 2 unspecified atom stereocenters. The maximum Gasteiger partial charge on any atom is 0.319 e. The van der Waals surface area contributed by atoms with E-state index in [1.165, 1.54) is 12.1 Å². The summed E-state index contributed by atoms with van der Waals surface area (Å²) in [6, 6.07) is 6.51. The van der Waals surface area contributed by atoms with E-state index in [9.17, 15) is 9.50 Å². The largest absolute Gasteiger partial charge is 0.508 e. The molecule has 2 aliphatic heterocycles. The molecule has 0 bridgehead atoms. The van der Waals surface area contributed by atoms with Gasteiger partial charge in [0, 0.05) is 50.0 Å². The third-order valence-electron chi connectivity index (χ3n) is 9.56. The zero-order chi connectivity index (χ0) is 31.6. The molecule has 2 saturated heterocycles. The molecule has 0 amide bonds. The number of fused-ring (bicyclic) bond motifs is 3. The van der Waals surface area contributed by atoms with E-state index in [0.717, 1.165) is 52.2 Å². The molecule has 240 valence electrons. The molecule has 0 spiro atoms. The van der Waals surface area contributed by atoms with Crippen molar-refractivity contribution in [2.45, 2.75) is 57.9 Å². The van der Waals surface area contributed by atoms with Crippen molar-refractivity contribution in [2.75, 3.05) is 51.5 Å². The molecule has 3 aliphatic rings. The SMILES string of the molecule is CCc1c(F)ccc2cc(O)cc(-c3ncc4c(N5CCCOCC5)nc(OCC56CCCNC5CCC6)nc4c3F)c12.CO. The Balaban J connectivity index is 0.00000175. The van der Waals surface area contributed by atoms with E-state index in [2.05, 4.69) is 20.2 Å². The summed E-state index contributed by atoms with van der Waals surface area (Å²) >= 11 is 0. The number of anilines is 1. The molecule has 1 saturated carbocycles. The summed E-state index contributed by atoms with van der Waals surface area (Å²) in [6.07, 6.45) is 8.33. The first-order chi connectivity index (χ1) is 22.0. The number of aromatic hydroxyl groups is 1. The highest BCUT2D eigenvalue weighted by Gasteiger charge is 2.45. The fraction of sp³-hybridized carbons (Fsp3) is 0.500. The lowest BCUT2D eigenvalue weighted by Gasteiger charge is -2.39. The Morgan fingerprint density at radius 3 is 2.78 bits per heavy atom. The number of benzene rings is 2. The van der Waals surface area contributed by atoms with Crippen LogP contribution in [0.15, 0.2) is 30.5 Å². The molecule has 2 atom stereocenters. The van der Waals surface area contributed by atoms with E-state index in [-0.39, 0.29) is 34.2 Å². The van der Waals surface area contributed by atoms with Gasteiger partial charge in [0.2, 0.25) is 0 Å². The van der Waals surface area contributed by atoms with E-state index in [0.29, 0.717) is 78.5 Å². The molecule has 2 aromatic carbocycles. The molecule has 3 fully saturated rings. The van der Waals surface area contributed by atoms with Crippen LogP contribution in [0.3, 0.4) is 0 Å². The summed E-state index contributed by atoms with van der Waals surface area (Å²) in [5.74, 6) is -0.534. The number of phenolic OH excluding ortho intramolecular Hbond substituents is 1. The summed E-state index contributed by atoms with van der Waals surface area (Å²) < 4.78 is 43.7. The number of halogens is 2. The number of hydrogen-bond acceptors (Lipinski definition) is 9. The molecule has 4 heterocycles. The first kappa shape index (κ1) is 31.3. The number of nitrogens with one attached hydrogen (secondary N) is 1. The van der Waals surface area contributed by atoms with E-state index < -0.39 is 5.82 Å². The fourth-order valence-electron chi connectivity index (χ4n) is 7.43. The second kappa shape index (κ2) is 13.4. The van der Waals surface area contributed by atoms with Crippen LogP contribution >= 0.6 is 0 Å². The summed E-state index contributed by atoms with van der Waals surface area (Å²) in [7, 11) is 1.00. The lowest BCUT2D eigenvalue weighted by Crippen LogP contribution is -2.49. The number of pyridine rings is 1. The molecule has 45 heavy (non-hydrogen) atoms. The molecule has 4 aromatic rings. The van der Waals surface area contributed by atoms with Crippen LogP contribution in [0.1, 0.15) is 51.0 Å². The summed E-state index contributed by atoms with van der Waals surface area (Å²) in [4.78, 5) is 16.1. The Labute approximate surface area is 261 Å². The molecule has 9 nitrogen and oxygen atoms in total. The standard InChI is InChI=1S/C33H37F2N5O3.CH4O/c1-2-22-25(34)8-7-20-16-21(41)17-23(27(20)22)29-28(35)30-24(18-37-29)31(40-12-5-14-42-15-13-40)39-32(38-30)43-19-33-9-3-6-26(33)36-11-4-10-33;1-2/h7-8,16-18,26,36,41H,2-6,9-15,19H2,1H3;2H,1H3. The van der Waals surface area contributed by atoms with Gasteiger partial charge in [-0.1, -0.05) is 19.4 Å². The average Bonchev–Trinajstić information content (AvgIpc) is 3.30. The lowest BCUT2D eigenvalue weighted by molar-refractivity contribution is 0.0798. The van der Waals surface area contributed by atoms with Crippen molar-refractivity contribution in [1.82, 2.24) is 20.3 Å². The predicted molar refractivity (Wildman–Crippen MR) is 170 cm³/mol. The van der Waals surface area contributed by atoms with Crippen LogP contribution in [0.25, 0.3) is 32.9 Å². The predicted octanol–water partition coefficient (Wildman–Crippen LogP) is 5.53. The Hall–Kier alpha value is -3.67. The van der Waals surface area contributed by atoms with Gasteiger partial charge in [0.15, 0.2) is 5.82 Å². The number of nitrogens with zero attached hydrogens (tertiary/aromatic N) is 4. The zero-order valence-electron chi connectivity index (χ0n) is 25.9. The van der Waals surface area contributed by atoms with Crippen molar-refractivity contribution in [3.63, 3.8) is 0 Å². The molecule has 2 aromatic heterocycles. The number of piperidine rings is 1. The van der Waals surface area contributed by atoms with Crippen molar-refractivity contribution in [2.24, 2.45) is 5.41 Å². The van der Waals surface area contributed by atoms with Crippen LogP contribution < -0.4 is 15.0 Å². The lowest BCUT2D eigenvalue weighted by atomic mass is 9.76. The van der Waals surface area contributed by atoms with Gasteiger partial charge in [0.05, 0.1) is 18.6 Å². The maximum atomic E-state index is 16.7. The number of rotatable bonds is 6. The van der Waals surface area contributed by atoms with Gasteiger partial charge in [0.1, 0.15) is 28.6 Å². The number of hydrogen-bond donors (Lipinski definition) is 3. The second-order valence-electron chi connectivity index (χ2n) is 12.1. The van der Waals surface area contributed by atoms with Crippen LogP contribution in [0.4, 0.5) is 14.6 Å². The molecule has 11 heteroatoms. The van der Waals surface area contributed by atoms with Crippen LogP contribution in [-0.2, 0) is 11.2 Å². The van der Waals surface area contributed by atoms with Gasteiger partial charge in [-0.2, -0.15) is 9.97 Å². The number of aliphatic hydroxyl groups is 1. The molecule has 3 N–H and O–H groups in total. The minimum Gasteiger partial charge on any atom is -0.508 e. The smallest absolute Gasteiger partial charge is 0.319 e. The van der Waals surface area contributed by atoms with Crippen molar-refractivity contribution in [3.8, 4) is 23.0 Å². The molecule has 7 rings (SSSR count). The van der Waals surface area contributed by atoms with Crippen LogP contribution in [0, 0.1) is 17.0 Å². The summed E-state index contributed by atoms with van der Waals surface area (Å²) in [5.41, 5.74) is 0.864. The molecule has 0 radical (unpaired) electrons. The Morgan fingerprint density at radius 2 is 1.93 bits per heavy atom. The number of aromatic nitrogens is 3. The van der Waals surface area contributed by atoms with E-state index >= 15 is 4.39 Å². The van der Waals surface area contributed by atoms with Crippen LogP contribution in [0.2, 0.25) is 0 Å². The van der Waals surface area contributed by atoms with E-state index in [1.807, 2.05) is 6.92 Å². The van der Waals surface area contributed by atoms with E-state index in [4.69, 9.17) is 19.6 Å². The maximum absolute atomic E-state index is 16.7. The minimum absolute atomic E-state index is 0.00516. The average molecular weight is 622 g/mol. The van der Waals surface area contributed by atoms with Crippen molar-refractivity contribution in [1.29, 1.82) is 0 Å². The molecular weight excluding hydrogens is 580 g/mol. The van der Waals surface area contributed by atoms with Gasteiger partial charge in [-0.05, 0) is 79.6 Å². The molecule has 1 aliphatic carbocycles. The van der Waals surface area contributed by atoms with Crippen molar-refractivity contribution >= 4 is 27.5 Å². The van der Waals surface area contributed by atoms with Crippen LogP contribution in [-0.4, -0.2) is 77.8 Å². The quantitative estimate of drug-likeness (QED) is 0.256. The number of phenols is 1. The Kier molecular flexibility index (Phi) is 9.30. The van der Waals surface area contributed by atoms with Gasteiger partial charge in [-0.15, -0.1) is 0 Å². The highest BCUT2D eigenvalue weighted by Crippen LogP contribution is 2.45. The van der Waals surface area contributed by atoms with E-state index in [1.54, 1.807) is 18.3 Å². The van der Waals surface area contributed by atoms with Gasteiger partial charge < -0.3 is 29.9 Å². The van der Waals surface area contributed by atoms with Gasteiger partial charge in [-0.3, -0.25) is 4.98 Å². The number of ether oxygens (including phenoxy) is 2. The highest BCUT2D eigenvalue weighted by atomic mass is 19.1. The normalized spacial score (nSPS) is 21.7. The topological polar surface area (TPSA) is 113 Å². The molecular formula is C34H41F2N5O4. The first-order valence-corrected chi connectivity index (χ1v) is 15.9.